The number of rotatable bonds is 9. The van der Waals surface area contributed by atoms with Crippen LogP contribution in [0.5, 0.6) is 0 Å². The predicted molar refractivity (Wildman–Crippen MR) is 102 cm³/mol. The summed E-state index contributed by atoms with van der Waals surface area (Å²) in [6.45, 7) is 2.16. The van der Waals surface area contributed by atoms with E-state index in [2.05, 4.69) is 10.0 Å². The smallest absolute Gasteiger partial charge is 0.338 e. The van der Waals surface area contributed by atoms with Crippen molar-refractivity contribution in [1.82, 2.24) is 5.32 Å². The highest BCUT2D eigenvalue weighted by Gasteiger charge is 2.16. The minimum absolute atomic E-state index is 0.0141. The summed E-state index contributed by atoms with van der Waals surface area (Å²) in [5.74, 6) is -1.07. The second-order valence-corrected chi connectivity index (χ2v) is 7.46. The number of anilines is 1. The van der Waals surface area contributed by atoms with Gasteiger partial charge in [-0.15, -0.1) is 0 Å². The molecule has 0 fully saturated rings. The van der Waals surface area contributed by atoms with Crippen LogP contribution in [-0.4, -0.2) is 33.4 Å². The number of carbonyl (C=O) groups excluding carboxylic acids is 2. The van der Waals surface area contributed by atoms with Crippen molar-refractivity contribution >= 4 is 27.6 Å². The summed E-state index contributed by atoms with van der Waals surface area (Å²) in [4.78, 5) is 23.5. The van der Waals surface area contributed by atoms with Crippen molar-refractivity contribution in [2.45, 2.75) is 24.7 Å². The molecule has 7 nitrogen and oxygen atoms in total. The Bertz CT molecular complexity index is 865. The fraction of sp³-hybridized carbons (Fsp3) is 0.263. The number of amides is 1. The summed E-state index contributed by atoms with van der Waals surface area (Å²) in [6.07, 6.45) is 1.81. The highest BCUT2D eigenvalue weighted by atomic mass is 32.2. The maximum Gasteiger partial charge on any atom is 0.338 e. The lowest BCUT2D eigenvalue weighted by Gasteiger charge is -2.09. The number of nitrogens with one attached hydrogen (secondary N) is 2. The van der Waals surface area contributed by atoms with Crippen LogP contribution in [0.25, 0.3) is 0 Å². The van der Waals surface area contributed by atoms with Crippen LogP contribution in [0.15, 0.2) is 59.5 Å². The van der Waals surface area contributed by atoms with Crippen molar-refractivity contribution in [3.05, 3.63) is 60.2 Å². The fourth-order valence-electron chi connectivity index (χ4n) is 2.16. The monoisotopic (exact) mass is 390 g/mol. The van der Waals surface area contributed by atoms with E-state index in [0.29, 0.717) is 12.2 Å². The molecule has 2 aromatic carbocycles. The third-order valence-corrected chi connectivity index (χ3v) is 5.01. The van der Waals surface area contributed by atoms with Crippen LogP contribution >= 0.6 is 0 Å². The molecule has 0 saturated heterocycles. The minimum atomic E-state index is -3.76. The Morgan fingerprint density at radius 3 is 2.30 bits per heavy atom. The summed E-state index contributed by atoms with van der Waals surface area (Å²) in [5.41, 5.74) is 0.602. The average molecular weight is 390 g/mol. The van der Waals surface area contributed by atoms with Gasteiger partial charge in [-0.3, -0.25) is 9.52 Å². The van der Waals surface area contributed by atoms with Gasteiger partial charge >= 0.3 is 5.97 Å². The number of esters is 1. The zero-order valence-electron chi connectivity index (χ0n) is 15.0. The molecule has 27 heavy (non-hydrogen) atoms. The van der Waals surface area contributed by atoms with Gasteiger partial charge in [-0.2, -0.15) is 0 Å². The molecule has 0 unspecified atom stereocenters. The topological polar surface area (TPSA) is 102 Å². The van der Waals surface area contributed by atoms with Crippen molar-refractivity contribution in [1.29, 1.82) is 0 Å². The molecule has 2 N–H and O–H groups in total. The second kappa shape index (κ2) is 9.72. The van der Waals surface area contributed by atoms with E-state index in [9.17, 15) is 18.0 Å². The van der Waals surface area contributed by atoms with Gasteiger partial charge in [-0.25, -0.2) is 13.2 Å². The summed E-state index contributed by atoms with van der Waals surface area (Å²) in [6, 6.07) is 13.8. The molecule has 0 atom stereocenters. The minimum Gasteiger partial charge on any atom is -0.452 e. The molecule has 1 amide bonds. The SMILES string of the molecule is CCCCNC(=O)COC(=O)c1ccc(S(=O)(=O)Nc2ccccc2)cc1. The maximum absolute atomic E-state index is 12.3. The first kappa shape index (κ1) is 20.4. The Kier molecular flexibility index (Phi) is 7.36. The molecule has 0 aromatic heterocycles. The lowest BCUT2D eigenvalue weighted by Crippen LogP contribution is -2.29. The molecule has 0 aliphatic carbocycles. The summed E-state index contributed by atoms with van der Waals surface area (Å²) in [5, 5.41) is 2.64. The van der Waals surface area contributed by atoms with Crippen molar-refractivity contribution in [3.8, 4) is 0 Å². The van der Waals surface area contributed by atoms with Gasteiger partial charge in [-0.1, -0.05) is 31.5 Å². The predicted octanol–water partition coefficient (Wildman–Crippen LogP) is 2.56. The molecular formula is C19H22N2O5S. The number of carbonyl (C=O) groups is 2. The largest absolute Gasteiger partial charge is 0.452 e. The molecule has 144 valence electrons. The highest BCUT2D eigenvalue weighted by molar-refractivity contribution is 7.92. The first-order valence-electron chi connectivity index (χ1n) is 8.54. The molecule has 0 saturated carbocycles. The molecule has 0 bridgehead atoms. The number of hydrogen-bond donors (Lipinski definition) is 2. The van der Waals surface area contributed by atoms with E-state index < -0.39 is 16.0 Å². The van der Waals surface area contributed by atoms with Crippen LogP contribution in [0, 0.1) is 0 Å². The van der Waals surface area contributed by atoms with Gasteiger partial charge in [0.1, 0.15) is 0 Å². The number of para-hydroxylation sites is 1. The van der Waals surface area contributed by atoms with Gasteiger partial charge in [0, 0.05) is 12.2 Å². The molecule has 2 aromatic rings. The lowest BCUT2D eigenvalue weighted by molar-refractivity contribution is -0.124. The molecular weight excluding hydrogens is 368 g/mol. The number of benzene rings is 2. The van der Waals surface area contributed by atoms with Crippen LogP contribution in [0.1, 0.15) is 30.1 Å². The molecule has 2 rings (SSSR count). The average Bonchev–Trinajstić information content (AvgIpc) is 2.67. The number of sulfonamides is 1. The van der Waals surface area contributed by atoms with Crippen molar-refractivity contribution in [3.63, 3.8) is 0 Å². The highest BCUT2D eigenvalue weighted by Crippen LogP contribution is 2.16. The normalized spacial score (nSPS) is 10.9. The van der Waals surface area contributed by atoms with E-state index in [1.54, 1.807) is 30.3 Å². The molecule has 0 aliphatic rings. The van der Waals surface area contributed by atoms with Crippen molar-refractivity contribution < 1.29 is 22.7 Å². The number of unbranched alkanes of at least 4 members (excludes halogenated alkanes) is 1. The Hall–Kier alpha value is -2.87. The second-order valence-electron chi connectivity index (χ2n) is 5.78. The van der Waals surface area contributed by atoms with Crippen LogP contribution in [-0.2, 0) is 19.6 Å². The van der Waals surface area contributed by atoms with Crippen molar-refractivity contribution in [2.24, 2.45) is 0 Å². The zero-order valence-corrected chi connectivity index (χ0v) is 15.8. The van der Waals surface area contributed by atoms with Crippen LogP contribution < -0.4 is 10.0 Å². The number of ether oxygens (including phenoxy) is 1. The molecule has 0 aliphatic heterocycles. The molecule has 8 heteroatoms. The van der Waals surface area contributed by atoms with E-state index in [0.717, 1.165) is 12.8 Å². The quantitative estimate of drug-likeness (QED) is 0.506. The van der Waals surface area contributed by atoms with E-state index in [4.69, 9.17) is 4.74 Å². The van der Waals surface area contributed by atoms with Gasteiger partial charge in [0.2, 0.25) is 0 Å². The summed E-state index contributed by atoms with van der Waals surface area (Å²) < 4.78 is 32.1. The summed E-state index contributed by atoms with van der Waals surface area (Å²) in [7, 11) is -3.76. The standard InChI is InChI=1S/C19H22N2O5S/c1-2-3-13-20-18(22)14-26-19(23)15-9-11-17(12-10-15)27(24,25)21-16-7-5-4-6-8-16/h4-12,21H,2-3,13-14H2,1H3,(H,20,22). The Labute approximate surface area is 158 Å². The van der Waals surface area contributed by atoms with E-state index in [1.165, 1.54) is 24.3 Å². The summed E-state index contributed by atoms with van der Waals surface area (Å²) >= 11 is 0. The van der Waals surface area contributed by atoms with Gasteiger partial charge in [0.05, 0.1) is 10.5 Å². The lowest BCUT2D eigenvalue weighted by atomic mass is 10.2. The van der Waals surface area contributed by atoms with Gasteiger partial charge < -0.3 is 10.1 Å². The third kappa shape index (κ3) is 6.41. The van der Waals surface area contributed by atoms with E-state index >= 15 is 0 Å². The van der Waals surface area contributed by atoms with Gasteiger partial charge in [0.25, 0.3) is 15.9 Å². The van der Waals surface area contributed by atoms with E-state index in [1.807, 2.05) is 6.92 Å². The molecule has 0 heterocycles. The fourth-order valence-corrected chi connectivity index (χ4v) is 3.22. The van der Waals surface area contributed by atoms with Crippen LogP contribution in [0.4, 0.5) is 5.69 Å². The number of hydrogen-bond acceptors (Lipinski definition) is 5. The Morgan fingerprint density at radius 1 is 1.00 bits per heavy atom. The van der Waals surface area contributed by atoms with E-state index in [-0.39, 0.29) is 23.0 Å². The van der Waals surface area contributed by atoms with Crippen LogP contribution in [0.3, 0.4) is 0 Å². The molecule has 0 radical (unpaired) electrons. The first-order chi connectivity index (χ1) is 12.9. The Balaban J connectivity index is 1.94. The van der Waals surface area contributed by atoms with Crippen molar-refractivity contribution in [2.75, 3.05) is 17.9 Å². The van der Waals surface area contributed by atoms with Gasteiger partial charge in [0.15, 0.2) is 6.61 Å². The molecule has 0 spiro atoms. The van der Waals surface area contributed by atoms with Gasteiger partial charge in [-0.05, 0) is 42.8 Å². The maximum atomic E-state index is 12.3. The third-order valence-electron chi connectivity index (χ3n) is 3.61. The Morgan fingerprint density at radius 2 is 1.67 bits per heavy atom. The zero-order chi connectivity index (χ0) is 19.7. The van der Waals surface area contributed by atoms with Crippen LogP contribution in [0.2, 0.25) is 0 Å². The first-order valence-corrected chi connectivity index (χ1v) is 10.0.